The number of anilines is 2. The second-order valence-electron chi connectivity index (χ2n) is 13.7. The van der Waals surface area contributed by atoms with Crippen LogP contribution in [0.25, 0.3) is 22.3 Å². The predicted molar refractivity (Wildman–Crippen MR) is 228 cm³/mol. The van der Waals surface area contributed by atoms with E-state index >= 15 is 17.6 Å². The average Bonchev–Trinajstić information content (AvgIpc) is 3.30. The molecular formula is C48H32F4IrN4O8. The Bertz CT molecular complexity index is 2720. The zero-order valence-corrected chi connectivity index (χ0v) is 35.6. The molecule has 0 bridgehead atoms. The van der Waals surface area contributed by atoms with Gasteiger partial charge < -0.3 is 20.4 Å². The van der Waals surface area contributed by atoms with Gasteiger partial charge in [0.1, 0.15) is 23.0 Å². The minimum Gasteiger partial charge on any atom is -0.477 e. The summed E-state index contributed by atoms with van der Waals surface area (Å²) in [5, 5.41) is 39.1. The molecule has 8 rings (SSSR count). The van der Waals surface area contributed by atoms with Crippen LogP contribution >= 0.6 is 0 Å². The van der Waals surface area contributed by atoms with Gasteiger partial charge in [-0.3, -0.25) is 9.80 Å². The van der Waals surface area contributed by atoms with E-state index in [0.29, 0.717) is 9.80 Å². The van der Waals surface area contributed by atoms with E-state index < -0.39 is 82.1 Å². The van der Waals surface area contributed by atoms with Gasteiger partial charge in [-0.1, -0.05) is 121 Å². The van der Waals surface area contributed by atoms with Crippen LogP contribution in [0.5, 0.6) is 0 Å². The Balaban J connectivity index is 0.000000212. The standard InChI is InChI=1S/2C24H16F2N2O4.Ir/c2*25-19-17(14-8-3-1-4-9-14)21(24(31)32)28(16-12-7-13-27-20(16)23(29)30)22(26)18(19)15-10-5-2-6-11-15;/h2*1-13,22H,(H,29,30)(H,31,32);. The number of nitrogens with zero attached hydrogens (tertiary/aromatic N) is 4. The third-order valence-corrected chi connectivity index (χ3v) is 9.99. The number of aliphatic carboxylic acids is 2. The summed E-state index contributed by atoms with van der Waals surface area (Å²) in [5.41, 5.74) is -3.91. The fourth-order valence-electron chi connectivity index (χ4n) is 7.33. The van der Waals surface area contributed by atoms with Gasteiger partial charge in [-0.25, -0.2) is 46.7 Å². The van der Waals surface area contributed by atoms with Crippen molar-refractivity contribution in [3.63, 3.8) is 0 Å². The topological polar surface area (TPSA) is 181 Å². The number of hydrogen-bond donors (Lipinski definition) is 4. The molecule has 17 heteroatoms. The molecule has 1 radical (unpaired) electrons. The van der Waals surface area contributed by atoms with Gasteiger partial charge in [-0.2, -0.15) is 0 Å². The number of carboxylic acids is 4. The van der Waals surface area contributed by atoms with Crippen LogP contribution in [-0.4, -0.2) is 66.9 Å². The summed E-state index contributed by atoms with van der Waals surface area (Å²) in [6, 6.07) is 36.6. The average molecular weight is 1060 g/mol. The minimum atomic E-state index is -2.32. The second-order valence-corrected chi connectivity index (χ2v) is 13.7. The molecule has 2 aliphatic rings. The molecule has 2 aliphatic heterocycles. The van der Waals surface area contributed by atoms with Crippen molar-refractivity contribution in [2.75, 3.05) is 9.80 Å². The molecule has 2 atom stereocenters. The number of rotatable bonds is 10. The van der Waals surface area contributed by atoms with E-state index in [-0.39, 0.29) is 64.9 Å². The maximum absolute atomic E-state index is 16.0. The summed E-state index contributed by atoms with van der Waals surface area (Å²) in [4.78, 5) is 57.0. The Kier molecular flexibility index (Phi) is 14.3. The number of hydrogen-bond acceptors (Lipinski definition) is 8. The number of allylic oxidation sites excluding steroid dienone is 4. The van der Waals surface area contributed by atoms with Crippen LogP contribution < -0.4 is 9.80 Å². The molecule has 0 amide bonds. The van der Waals surface area contributed by atoms with E-state index in [1.54, 1.807) is 72.8 Å². The zero-order chi connectivity index (χ0) is 45.7. The SMILES string of the molecule is O=C(O)C1=C(c2ccccc2)C(F)=C(c2ccccc2)C(F)N1c1cccnc1C(=O)O.O=C(O)C1=C(c2ccccc2)C(F)=C(c2ccccc2)C(F)N1c1cccnc1C(=O)O.[Ir]. The summed E-state index contributed by atoms with van der Waals surface area (Å²) >= 11 is 0. The monoisotopic (exact) mass is 1060 g/mol. The first-order chi connectivity index (χ1) is 30.8. The molecule has 0 aliphatic carbocycles. The van der Waals surface area contributed by atoms with E-state index in [1.807, 2.05) is 0 Å². The number of aromatic nitrogens is 2. The quantitative estimate of drug-likeness (QED) is 0.0755. The number of aromatic carboxylic acids is 2. The zero-order valence-electron chi connectivity index (χ0n) is 33.2. The van der Waals surface area contributed by atoms with Crippen LogP contribution in [-0.2, 0) is 29.7 Å². The third kappa shape index (κ3) is 9.09. The molecule has 12 nitrogen and oxygen atoms in total. The first-order valence-corrected chi connectivity index (χ1v) is 19.0. The van der Waals surface area contributed by atoms with E-state index in [1.165, 1.54) is 85.2 Å². The Morgan fingerprint density at radius 1 is 0.431 bits per heavy atom. The van der Waals surface area contributed by atoms with Crippen molar-refractivity contribution in [2.24, 2.45) is 0 Å². The molecule has 6 aromatic rings. The van der Waals surface area contributed by atoms with E-state index in [2.05, 4.69) is 9.97 Å². The summed E-state index contributed by atoms with van der Waals surface area (Å²) < 4.78 is 63.7. The van der Waals surface area contributed by atoms with Crippen molar-refractivity contribution in [3.05, 3.63) is 215 Å². The van der Waals surface area contributed by atoms with Gasteiger partial charge in [-0.05, 0) is 46.5 Å². The van der Waals surface area contributed by atoms with Crippen molar-refractivity contribution in [2.45, 2.75) is 12.6 Å². The normalized spacial score (nSPS) is 16.1. The van der Waals surface area contributed by atoms with E-state index in [4.69, 9.17) is 0 Å². The maximum atomic E-state index is 16.0. The van der Waals surface area contributed by atoms with Gasteiger partial charge in [0.15, 0.2) is 11.4 Å². The Labute approximate surface area is 380 Å². The van der Waals surface area contributed by atoms with Crippen molar-refractivity contribution in [1.29, 1.82) is 0 Å². The van der Waals surface area contributed by atoms with Crippen molar-refractivity contribution < 1.29 is 77.3 Å². The van der Waals surface area contributed by atoms with E-state index in [0.717, 1.165) is 0 Å². The molecule has 0 spiro atoms. The Morgan fingerprint density at radius 3 is 1.00 bits per heavy atom. The Morgan fingerprint density at radius 2 is 0.723 bits per heavy atom. The first-order valence-electron chi connectivity index (χ1n) is 19.0. The summed E-state index contributed by atoms with van der Waals surface area (Å²) in [5.74, 6) is -8.26. The van der Waals surface area contributed by atoms with Gasteiger partial charge in [-0.15, -0.1) is 0 Å². The molecule has 0 saturated carbocycles. The third-order valence-electron chi connectivity index (χ3n) is 9.99. The van der Waals surface area contributed by atoms with Crippen molar-refractivity contribution >= 4 is 57.5 Å². The van der Waals surface area contributed by atoms with Crippen molar-refractivity contribution in [3.8, 4) is 0 Å². The van der Waals surface area contributed by atoms with Gasteiger partial charge in [0.25, 0.3) is 0 Å². The molecule has 2 unspecified atom stereocenters. The molecule has 4 aromatic carbocycles. The second kappa shape index (κ2) is 20.0. The molecule has 0 saturated heterocycles. The summed E-state index contributed by atoms with van der Waals surface area (Å²) in [7, 11) is 0. The fraction of sp³-hybridized carbons (Fsp3) is 0.0417. The van der Waals surface area contributed by atoms with Crippen molar-refractivity contribution in [1.82, 2.24) is 9.97 Å². The smallest absolute Gasteiger partial charge is 0.356 e. The molecule has 329 valence electrons. The molecule has 2 aromatic heterocycles. The number of benzene rings is 4. The number of halogens is 4. The number of carboxylic acid groups (broad SMARTS) is 4. The molecule has 4 N–H and O–H groups in total. The first kappa shape index (κ1) is 46.5. The molecular weight excluding hydrogens is 1030 g/mol. The summed E-state index contributed by atoms with van der Waals surface area (Å²) in [6.45, 7) is 0. The number of alkyl halides is 2. The Hall–Kier alpha value is -8.01. The van der Waals surface area contributed by atoms with Crippen LogP contribution in [0.4, 0.5) is 28.9 Å². The van der Waals surface area contributed by atoms with Crippen LogP contribution in [0.3, 0.4) is 0 Å². The van der Waals surface area contributed by atoms with Gasteiger partial charge in [0.05, 0.1) is 22.5 Å². The maximum Gasteiger partial charge on any atom is 0.356 e. The summed E-state index contributed by atoms with van der Waals surface area (Å²) in [6.07, 6.45) is -2.25. The van der Waals surface area contributed by atoms with Crippen LogP contribution in [0, 0.1) is 0 Å². The molecule has 0 fully saturated rings. The van der Waals surface area contributed by atoms with Gasteiger partial charge in [0.2, 0.25) is 12.6 Å². The van der Waals surface area contributed by atoms with Crippen LogP contribution in [0.15, 0.2) is 181 Å². The van der Waals surface area contributed by atoms with E-state index in [9.17, 15) is 39.6 Å². The molecule has 65 heavy (non-hydrogen) atoms. The largest absolute Gasteiger partial charge is 0.477 e. The predicted octanol–water partition coefficient (Wildman–Crippen LogP) is 9.54. The fourth-order valence-corrected chi connectivity index (χ4v) is 7.33. The number of carbonyl (C=O) groups is 4. The van der Waals surface area contributed by atoms with Gasteiger partial charge in [0, 0.05) is 43.6 Å². The van der Waals surface area contributed by atoms with Crippen LogP contribution in [0.2, 0.25) is 0 Å². The minimum absolute atomic E-state index is 0. The van der Waals surface area contributed by atoms with Crippen LogP contribution in [0.1, 0.15) is 43.2 Å². The number of pyridine rings is 2. The molecule has 4 heterocycles. The van der Waals surface area contributed by atoms with Gasteiger partial charge >= 0.3 is 23.9 Å².